The monoisotopic (exact) mass is 799 g/mol. The van der Waals surface area contributed by atoms with Crippen LogP contribution in [0.2, 0.25) is 0 Å². The second-order valence-corrected chi connectivity index (χ2v) is 16.2. The quantitative estimate of drug-likeness (QED) is 0.0673. The molecule has 3 aromatic carbocycles. The van der Waals surface area contributed by atoms with Crippen LogP contribution in [0.4, 0.5) is 28.8 Å². The minimum atomic E-state index is -3.71. The number of aromatic nitrogens is 2. The highest BCUT2D eigenvalue weighted by molar-refractivity contribution is 7.89. The van der Waals surface area contributed by atoms with Crippen molar-refractivity contribution in [1.29, 1.82) is 0 Å². The Hall–Kier alpha value is -5.95. The van der Waals surface area contributed by atoms with Gasteiger partial charge in [0.2, 0.25) is 33.7 Å². The third-order valence-corrected chi connectivity index (χ3v) is 10.6. The number of hydrogen-bond donors (Lipinski definition) is 7. The zero-order chi connectivity index (χ0) is 40.7. The predicted octanol–water partition coefficient (Wildman–Crippen LogP) is 3.68. The summed E-state index contributed by atoms with van der Waals surface area (Å²) < 4.78 is 34.1. The molecule has 4 amide bonds. The molecule has 2 aliphatic rings. The Morgan fingerprint density at radius 3 is 2.54 bits per heavy atom. The van der Waals surface area contributed by atoms with Crippen LogP contribution in [0.1, 0.15) is 68.6 Å². The van der Waals surface area contributed by atoms with Crippen molar-refractivity contribution in [3.05, 3.63) is 90.1 Å². The second-order valence-electron chi connectivity index (χ2n) is 14.5. The lowest BCUT2D eigenvalue weighted by molar-refractivity contribution is -0.134. The van der Waals surface area contributed by atoms with Crippen LogP contribution in [-0.2, 0) is 24.4 Å². The molecule has 6 rings (SSSR count). The van der Waals surface area contributed by atoms with Crippen LogP contribution in [0.15, 0.2) is 83.9 Å². The first-order valence-corrected chi connectivity index (χ1v) is 19.9. The molecule has 300 valence electrons. The van der Waals surface area contributed by atoms with Crippen LogP contribution in [0, 0.1) is 0 Å². The molecule has 0 radical (unpaired) electrons. The topological polar surface area (TPSA) is 233 Å². The van der Waals surface area contributed by atoms with Crippen molar-refractivity contribution < 1.29 is 37.4 Å². The number of sulfonamides is 1. The van der Waals surface area contributed by atoms with Gasteiger partial charge in [-0.15, -0.1) is 0 Å². The number of imide groups is 1. The number of aliphatic hydroxyl groups is 1. The standard InChI is InChI=1S/C39H45N9O8S/c1-39(2,3)47-57(54,55)27-9-4-8-25(22-27)42-31-18-20-41-38(45-31)43-24-14-16-26(17-15-24)56-21-7-19-40-23-33(50)44-29-11-5-10-28-34(29)37(53)48(36(28)52)30-12-6-13-32(49)46-35(30)51/h4-5,8-11,14-18,20,22,30,37,40,47,53H,6-7,12-13,19,21,23H2,1-3H3,(H,44,50)(H,46,49,51)(H2,41,42,43,45). The van der Waals surface area contributed by atoms with Crippen LogP contribution in [0.3, 0.4) is 0 Å². The van der Waals surface area contributed by atoms with E-state index in [4.69, 9.17) is 4.74 Å². The molecule has 4 aromatic rings. The molecule has 2 atom stereocenters. The highest BCUT2D eigenvalue weighted by Crippen LogP contribution is 2.39. The highest BCUT2D eigenvalue weighted by atomic mass is 32.2. The molecule has 1 fully saturated rings. The molecule has 0 saturated carbocycles. The van der Waals surface area contributed by atoms with E-state index in [0.717, 1.165) is 4.90 Å². The van der Waals surface area contributed by atoms with Crippen molar-refractivity contribution in [1.82, 2.24) is 30.2 Å². The molecule has 17 nitrogen and oxygen atoms in total. The molecule has 57 heavy (non-hydrogen) atoms. The van der Waals surface area contributed by atoms with Gasteiger partial charge in [-0.05, 0) is 107 Å². The fourth-order valence-corrected chi connectivity index (χ4v) is 7.83. The van der Waals surface area contributed by atoms with Gasteiger partial charge < -0.3 is 31.1 Å². The van der Waals surface area contributed by atoms with E-state index in [-0.39, 0.29) is 47.0 Å². The third kappa shape index (κ3) is 10.5. The maximum atomic E-state index is 13.2. The molecule has 7 N–H and O–H groups in total. The molecule has 1 saturated heterocycles. The summed E-state index contributed by atoms with van der Waals surface area (Å²) in [4.78, 5) is 60.4. The van der Waals surface area contributed by atoms with E-state index in [1.165, 1.54) is 18.2 Å². The zero-order valence-electron chi connectivity index (χ0n) is 31.7. The molecule has 18 heteroatoms. The van der Waals surface area contributed by atoms with Crippen molar-refractivity contribution in [3.63, 3.8) is 0 Å². The van der Waals surface area contributed by atoms with E-state index in [2.05, 4.69) is 41.3 Å². The van der Waals surface area contributed by atoms with Gasteiger partial charge in [-0.1, -0.05) is 12.1 Å². The maximum absolute atomic E-state index is 13.2. The average Bonchev–Trinajstić information content (AvgIpc) is 3.28. The third-order valence-electron chi connectivity index (χ3n) is 8.82. The van der Waals surface area contributed by atoms with Crippen molar-refractivity contribution >= 4 is 62.5 Å². The summed E-state index contributed by atoms with van der Waals surface area (Å²) in [7, 11) is -3.71. The molecule has 0 aliphatic carbocycles. The fourth-order valence-electron chi connectivity index (χ4n) is 6.36. The largest absolute Gasteiger partial charge is 0.494 e. The van der Waals surface area contributed by atoms with Gasteiger partial charge >= 0.3 is 0 Å². The molecule has 2 aliphatic heterocycles. The molecule has 2 unspecified atom stereocenters. The number of amides is 4. The van der Waals surface area contributed by atoms with Gasteiger partial charge in [-0.3, -0.25) is 29.4 Å². The van der Waals surface area contributed by atoms with E-state index < -0.39 is 45.6 Å². The summed E-state index contributed by atoms with van der Waals surface area (Å²) >= 11 is 0. The number of anilines is 5. The minimum absolute atomic E-state index is 0.0348. The van der Waals surface area contributed by atoms with Gasteiger partial charge in [0.25, 0.3) is 5.91 Å². The number of benzene rings is 3. The van der Waals surface area contributed by atoms with Gasteiger partial charge in [-0.25, -0.2) is 18.1 Å². The number of carbonyl (C=O) groups excluding carboxylic acids is 4. The van der Waals surface area contributed by atoms with Gasteiger partial charge in [0.05, 0.1) is 18.0 Å². The lowest BCUT2D eigenvalue weighted by Gasteiger charge is -2.28. The Labute approximate surface area is 330 Å². The molecular weight excluding hydrogens is 755 g/mol. The average molecular weight is 800 g/mol. The lowest BCUT2D eigenvalue weighted by Crippen LogP contribution is -2.48. The van der Waals surface area contributed by atoms with Crippen LogP contribution in [0.5, 0.6) is 5.75 Å². The predicted molar refractivity (Wildman–Crippen MR) is 212 cm³/mol. The summed E-state index contributed by atoms with van der Waals surface area (Å²) in [6.07, 6.45) is 1.47. The van der Waals surface area contributed by atoms with Gasteiger partial charge in [-0.2, -0.15) is 4.98 Å². The number of carbonyl (C=O) groups is 4. The first kappa shape index (κ1) is 40.7. The summed E-state index contributed by atoms with van der Waals surface area (Å²) in [5.41, 5.74) is 1.28. The second kappa shape index (κ2) is 17.5. The SMILES string of the molecule is CC(C)(C)NS(=O)(=O)c1cccc(Nc2ccnc(Nc3ccc(OCCCNCC(=O)Nc4cccc5c4C(O)N(C4CCCC(=O)NC4=O)C5=O)cc3)n2)c1. The summed E-state index contributed by atoms with van der Waals surface area (Å²) in [5.74, 6) is -0.572. The van der Waals surface area contributed by atoms with Gasteiger partial charge in [0.15, 0.2) is 6.23 Å². The van der Waals surface area contributed by atoms with E-state index in [1.54, 1.807) is 69.4 Å². The normalized spacial score (nSPS) is 17.1. The molecule has 0 spiro atoms. The summed E-state index contributed by atoms with van der Waals surface area (Å²) in [6, 6.07) is 19.0. The number of hydrogen-bond acceptors (Lipinski definition) is 13. The maximum Gasteiger partial charge on any atom is 0.257 e. The molecule has 1 aromatic heterocycles. The van der Waals surface area contributed by atoms with E-state index >= 15 is 0 Å². The van der Waals surface area contributed by atoms with Crippen LogP contribution < -0.4 is 36.0 Å². The van der Waals surface area contributed by atoms with E-state index in [0.29, 0.717) is 54.9 Å². The molecule has 3 heterocycles. The summed E-state index contributed by atoms with van der Waals surface area (Å²) in [5, 5.41) is 25.4. The van der Waals surface area contributed by atoms with Crippen LogP contribution in [-0.4, -0.2) is 83.3 Å². The number of rotatable bonds is 15. The zero-order valence-corrected chi connectivity index (χ0v) is 32.5. The first-order valence-electron chi connectivity index (χ1n) is 18.4. The lowest BCUT2D eigenvalue weighted by atomic mass is 10.1. The van der Waals surface area contributed by atoms with Crippen molar-refractivity contribution in [2.24, 2.45) is 0 Å². The number of ether oxygens (including phenoxy) is 1. The van der Waals surface area contributed by atoms with Gasteiger partial charge in [0.1, 0.15) is 17.6 Å². The number of nitrogens with one attached hydrogen (secondary N) is 6. The van der Waals surface area contributed by atoms with E-state index in [1.807, 2.05) is 12.1 Å². The van der Waals surface area contributed by atoms with Gasteiger partial charge in [0, 0.05) is 46.3 Å². The minimum Gasteiger partial charge on any atom is -0.494 e. The Bertz CT molecular complexity index is 2250. The number of nitrogens with zero attached hydrogens (tertiary/aromatic N) is 3. The number of fused-ring (bicyclic) bond motifs is 1. The first-order chi connectivity index (χ1) is 27.2. The van der Waals surface area contributed by atoms with Crippen LogP contribution in [0.25, 0.3) is 0 Å². The van der Waals surface area contributed by atoms with Crippen molar-refractivity contribution in [3.8, 4) is 5.75 Å². The van der Waals surface area contributed by atoms with Crippen molar-refractivity contribution in [2.45, 2.75) is 69.2 Å². The smallest absolute Gasteiger partial charge is 0.257 e. The van der Waals surface area contributed by atoms with Crippen LogP contribution >= 0.6 is 0 Å². The number of aliphatic hydroxyl groups excluding tert-OH is 1. The molecule has 0 bridgehead atoms. The summed E-state index contributed by atoms with van der Waals surface area (Å²) in [6.45, 7) is 6.14. The Morgan fingerprint density at radius 2 is 1.77 bits per heavy atom. The highest BCUT2D eigenvalue weighted by Gasteiger charge is 2.44. The molecular formula is C39H45N9O8S. The van der Waals surface area contributed by atoms with Crippen molar-refractivity contribution in [2.75, 3.05) is 35.6 Å². The van der Waals surface area contributed by atoms with E-state index in [9.17, 15) is 32.7 Å². The Kier molecular flexibility index (Phi) is 12.5. The Morgan fingerprint density at radius 1 is 1.00 bits per heavy atom. The fraction of sp³-hybridized carbons (Fsp3) is 0.333. The Balaban J connectivity index is 0.928.